The van der Waals surface area contributed by atoms with Crippen molar-refractivity contribution in [1.82, 2.24) is 0 Å². The predicted octanol–water partition coefficient (Wildman–Crippen LogP) is 9.86. The molecule has 196 valence electrons. The Labute approximate surface area is 207 Å². The molecular weight excluding hydrogens is 408 g/mol. The first kappa shape index (κ1) is 29.1. The summed E-state index contributed by atoms with van der Waals surface area (Å²) in [6.45, 7) is 6.29. The van der Waals surface area contributed by atoms with E-state index in [-0.39, 0.29) is 0 Å². The van der Waals surface area contributed by atoms with Crippen molar-refractivity contribution in [2.75, 3.05) is 13.2 Å². The van der Waals surface area contributed by atoms with Crippen LogP contribution in [0.4, 0.5) is 0 Å². The van der Waals surface area contributed by atoms with E-state index in [0.29, 0.717) is 0 Å². The van der Waals surface area contributed by atoms with Crippen LogP contribution in [-0.4, -0.2) is 24.8 Å². The second kappa shape index (κ2) is 18.2. The van der Waals surface area contributed by atoms with Crippen molar-refractivity contribution in [3.05, 3.63) is 0 Å². The quantitative estimate of drug-likeness (QED) is 0.167. The summed E-state index contributed by atoms with van der Waals surface area (Å²) in [7, 11) is 0. The van der Waals surface area contributed by atoms with Gasteiger partial charge in [-0.3, -0.25) is 0 Å². The summed E-state index contributed by atoms with van der Waals surface area (Å²) in [4.78, 5) is 0. The van der Waals surface area contributed by atoms with Gasteiger partial charge in [-0.2, -0.15) is 0 Å². The van der Waals surface area contributed by atoms with E-state index in [0.717, 1.165) is 38.9 Å². The smallest absolute Gasteiger partial charge is 0.171 e. The van der Waals surface area contributed by atoms with Crippen molar-refractivity contribution in [3.8, 4) is 0 Å². The Morgan fingerprint density at radius 1 is 0.485 bits per heavy atom. The highest BCUT2D eigenvalue weighted by Crippen LogP contribution is 2.41. The van der Waals surface area contributed by atoms with Crippen LogP contribution in [0, 0.1) is 0 Å². The first-order valence-corrected chi connectivity index (χ1v) is 15.2. The molecule has 0 aromatic rings. The van der Waals surface area contributed by atoms with Gasteiger partial charge in [0, 0.05) is 25.7 Å². The number of rotatable bonds is 20. The molecule has 2 saturated heterocycles. The molecule has 2 fully saturated rings. The second-order valence-corrected chi connectivity index (χ2v) is 11.0. The van der Waals surface area contributed by atoms with Crippen molar-refractivity contribution < 1.29 is 14.2 Å². The van der Waals surface area contributed by atoms with Gasteiger partial charge in [0.15, 0.2) is 11.6 Å². The van der Waals surface area contributed by atoms with Crippen LogP contribution in [0.2, 0.25) is 0 Å². The summed E-state index contributed by atoms with van der Waals surface area (Å²) < 4.78 is 19.8. The molecule has 3 nitrogen and oxygen atoms in total. The summed E-state index contributed by atoms with van der Waals surface area (Å²) >= 11 is 0. The first-order chi connectivity index (χ1) is 16.2. The van der Waals surface area contributed by atoms with Crippen LogP contribution in [0.3, 0.4) is 0 Å². The van der Waals surface area contributed by atoms with Crippen LogP contribution in [0.1, 0.15) is 168 Å². The third kappa shape index (κ3) is 12.4. The number of unbranched alkanes of at least 4 members (excludes halogenated alkanes) is 14. The minimum atomic E-state index is -0.391. The Bertz CT molecular complexity index is 398. The van der Waals surface area contributed by atoms with Crippen molar-refractivity contribution in [2.45, 2.75) is 180 Å². The van der Waals surface area contributed by atoms with Gasteiger partial charge in [-0.15, -0.1) is 0 Å². The van der Waals surface area contributed by atoms with Crippen LogP contribution in [0.25, 0.3) is 0 Å². The third-order valence-corrected chi connectivity index (χ3v) is 7.83. The molecule has 2 aliphatic heterocycles. The fourth-order valence-corrected chi connectivity index (χ4v) is 5.71. The minimum Gasteiger partial charge on any atom is -0.350 e. The highest BCUT2D eigenvalue weighted by atomic mass is 16.8. The zero-order chi connectivity index (χ0) is 23.5. The molecule has 33 heavy (non-hydrogen) atoms. The fraction of sp³-hybridized carbons (Fsp3) is 1.00. The average Bonchev–Trinajstić information content (AvgIpc) is 2.84. The van der Waals surface area contributed by atoms with E-state index in [4.69, 9.17) is 14.2 Å². The summed E-state index contributed by atoms with van der Waals surface area (Å²) in [6.07, 6.45) is 30.6. The van der Waals surface area contributed by atoms with Gasteiger partial charge in [0.05, 0.1) is 13.2 Å². The van der Waals surface area contributed by atoms with E-state index in [1.165, 1.54) is 128 Å². The molecule has 2 unspecified atom stereocenters. The normalized spacial score (nSPS) is 26.0. The number of hydrogen-bond acceptors (Lipinski definition) is 3. The van der Waals surface area contributed by atoms with E-state index < -0.39 is 11.6 Å². The van der Waals surface area contributed by atoms with Crippen LogP contribution < -0.4 is 0 Å². The maximum atomic E-state index is 6.98. The van der Waals surface area contributed by atoms with Gasteiger partial charge in [-0.25, -0.2) is 0 Å². The van der Waals surface area contributed by atoms with E-state index >= 15 is 0 Å². The molecule has 0 bridgehead atoms. The lowest BCUT2D eigenvalue weighted by atomic mass is 9.94. The van der Waals surface area contributed by atoms with Crippen LogP contribution in [0.15, 0.2) is 0 Å². The first-order valence-electron chi connectivity index (χ1n) is 15.2. The number of ether oxygens (including phenoxy) is 3. The van der Waals surface area contributed by atoms with E-state index in [1.807, 2.05) is 0 Å². The van der Waals surface area contributed by atoms with E-state index in [1.54, 1.807) is 0 Å². The van der Waals surface area contributed by atoms with Crippen molar-refractivity contribution >= 4 is 0 Å². The zero-order valence-electron chi connectivity index (χ0n) is 22.6. The van der Waals surface area contributed by atoms with Gasteiger partial charge >= 0.3 is 0 Å². The largest absolute Gasteiger partial charge is 0.350 e. The van der Waals surface area contributed by atoms with Gasteiger partial charge in [0.1, 0.15) is 0 Å². The lowest BCUT2D eigenvalue weighted by Gasteiger charge is -2.47. The Morgan fingerprint density at radius 2 is 0.848 bits per heavy atom. The molecule has 2 aliphatic rings. The Balaban J connectivity index is 1.78. The van der Waals surface area contributed by atoms with Gasteiger partial charge in [-0.05, 0) is 38.5 Å². The molecule has 3 heteroatoms. The molecule has 0 amide bonds. The minimum absolute atomic E-state index is 0.391. The molecular formula is C30H58O3. The van der Waals surface area contributed by atoms with Crippen LogP contribution in [0.5, 0.6) is 0 Å². The highest BCUT2D eigenvalue weighted by Gasteiger charge is 2.44. The number of hydrogen-bond donors (Lipinski definition) is 0. The van der Waals surface area contributed by atoms with Gasteiger partial charge in [0.25, 0.3) is 0 Å². The second-order valence-electron chi connectivity index (χ2n) is 11.0. The average molecular weight is 467 g/mol. The Morgan fingerprint density at radius 3 is 1.18 bits per heavy atom. The molecule has 0 saturated carbocycles. The molecule has 0 aromatic carbocycles. The molecule has 2 heterocycles. The SMILES string of the molecule is CCCCCCCCCCC1(OC2(CCCCCCCCCC)CCCCO2)CCCCO1. The highest BCUT2D eigenvalue weighted by molar-refractivity contribution is 4.82. The van der Waals surface area contributed by atoms with Gasteiger partial charge in [0.2, 0.25) is 0 Å². The van der Waals surface area contributed by atoms with Crippen molar-refractivity contribution in [1.29, 1.82) is 0 Å². The maximum absolute atomic E-state index is 6.98. The Hall–Kier alpha value is -0.120. The summed E-state index contributed by atoms with van der Waals surface area (Å²) in [5, 5.41) is 0. The van der Waals surface area contributed by atoms with E-state index in [2.05, 4.69) is 13.8 Å². The van der Waals surface area contributed by atoms with Crippen LogP contribution >= 0.6 is 0 Å². The molecule has 2 rings (SSSR count). The van der Waals surface area contributed by atoms with Gasteiger partial charge in [-0.1, -0.05) is 104 Å². The molecule has 2 atom stereocenters. The third-order valence-electron chi connectivity index (χ3n) is 7.83. The summed E-state index contributed by atoms with van der Waals surface area (Å²) in [5.74, 6) is -0.782. The maximum Gasteiger partial charge on any atom is 0.171 e. The standard InChI is InChI=1S/C30H58O3/c1-3-5-7-9-11-13-15-17-23-29(25-19-21-27-31-29)33-30(26-20-22-28-32-30)24-18-16-14-12-10-8-6-4-2/h3-28H2,1-2H3. The lowest BCUT2D eigenvalue weighted by Crippen LogP contribution is -2.51. The lowest BCUT2D eigenvalue weighted by molar-refractivity contribution is -0.380. The zero-order valence-corrected chi connectivity index (χ0v) is 22.6. The molecule has 0 aromatic heterocycles. The summed E-state index contributed by atoms with van der Waals surface area (Å²) in [6, 6.07) is 0. The molecule has 0 radical (unpaired) electrons. The summed E-state index contributed by atoms with van der Waals surface area (Å²) in [5.41, 5.74) is 0. The van der Waals surface area contributed by atoms with Gasteiger partial charge < -0.3 is 14.2 Å². The fourth-order valence-electron chi connectivity index (χ4n) is 5.71. The monoisotopic (exact) mass is 466 g/mol. The van der Waals surface area contributed by atoms with Crippen LogP contribution in [-0.2, 0) is 14.2 Å². The molecule has 0 spiro atoms. The molecule has 0 N–H and O–H groups in total. The van der Waals surface area contributed by atoms with Crippen molar-refractivity contribution in [2.24, 2.45) is 0 Å². The Kier molecular flexibility index (Phi) is 16.0. The predicted molar refractivity (Wildman–Crippen MR) is 141 cm³/mol. The van der Waals surface area contributed by atoms with E-state index in [9.17, 15) is 0 Å². The van der Waals surface area contributed by atoms with Crippen molar-refractivity contribution in [3.63, 3.8) is 0 Å². The molecule has 0 aliphatic carbocycles. The topological polar surface area (TPSA) is 27.7 Å².